The van der Waals surface area contributed by atoms with Gasteiger partial charge in [0.2, 0.25) is 5.91 Å². The number of carbonyl (C=O) groups excluding carboxylic acids is 1. The van der Waals surface area contributed by atoms with E-state index in [4.69, 9.17) is 20.2 Å². The summed E-state index contributed by atoms with van der Waals surface area (Å²) in [5.74, 6) is -2.12. The molecule has 2 fully saturated rings. The second-order valence-electron chi connectivity index (χ2n) is 8.88. The molecule has 7 N–H and O–H groups in total. The predicted molar refractivity (Wildman–Crippen MR) is 109 cm³/mol. The summed E-state index contributed by atoms with van der Waals surface area (Å²) in [6.45, 7) is -0.396. The summed E-state index contributed by atoms with van der Waals surface area (Å²) in [7, 11) is 0. The Balaban J connectivity index is 1.41. The highest BCUT2D eigenvalue weighted by Gasteiger charge is 2.55. The summed E-state index contributed by atoms with van der Waals surface area (Å²) in [5, 5.41) is 41.3. The van der Waals surface area contributed by atoms with Crippen LogP contribution in [0.3, 0.4) is 0 Å². The van der Waals surface area contributed by atoms with Crippen molar-refractivity contribution in [2.24, 2.45) is 5.73 Å². The number of carbonyl (C=O) groups is 2. The number of carboxylic acids is 1. The summed E-state index contributed by atoms with van der Waals surface area (Å²) in [6, 6.07) is 3.29. The fraction of sp³-hybridized carbons (Fsp3) is 0.579. The minimum Gasteiger partial charge on any atom is -0.669 e. The van der Waals surface area contributed by atoms with Gasteiger partial charge in [-0.1, -0.05) is 18.3 Å². The summed E-state index contributed by atoms with van der Waals surface area (Å²) in [4.78, 5) is 25.9. The number of fused-ring (bicyclic) bond motifs is 3. The molecule has 31 heavy (non-hydrogen) atoms. The molecule has 1 unspecified atom stereocenters. The number of nitrogens with two attached hydrogens (primary N) is 1. The Morgan fingerprint density at radius 2 is 2.10 bits per heavy atom. The lowest BCUT2D eigenvalue weighted by Gasteiger charge is -2.43. The van der Waals surface area contributed by atoms with Crippen LogP contribution in [0.5, 0.6) is 11.5 Å². The normalized spacial score (nSPS) is 25.8. The van der Waals surface area contributed by atoms with Gasteiger partial charge >= 0.3 is 12.7 Å². The van der Waals surface area contributed by atoms with Crippen molar-refractivity contribution in [1.29, 1.82) is 0 Å². The van der Waals surface area contributed by atoms with Gasteiger partial charge in [-0.2, -0.15) is 0 Å². The zero-order chi connectivity index (χ0) is 22.6. The molecule has 1 aromatic carbocycles. The van der Waals surface area contributed by atoms with E-state index in [-0.39, 0.29) is 54.7 Å². The number of likely N-dealkylation sites (tertiary alicyclic amines) is 1. The van der Waals surface area contributed by atoms with E-state index in [0.29, 0.717) is 25.1 Å². The van der Waals surface area contributed by atoms with E-state index in [1.807, 2.05) is 4.90 Å². The lowest BCUT2D eigenvalue weighted by Crippen LogP contribution is -2.64. The number of benzene rings is 1. The van der Waals surface area contributed by atoms with Crippen LogP contribution in [0.2, 0.25) is 5.82 Å². The van der Waals surface area contributed by atoms with E-state index in [0.717, 1.165) is 0 Å². The number of aliphatic hydroxyl groups is 1. The maximum Gasteiger partial charge on any atom is 0.434 e. The van der Waals surface area contributed by atoms with Crippen LogP contribution in [-0.4, -0.2) is 88.2 Å². The lowest BCUT2D eigenvalue weighted by atomic mass is 9.68. The van der Waals surface area contributed by atoms with E-state index >= 15 is 0 Å². The predicted octanol–water partition coefficient (Wildman–Crippen LogP) is -1.55. The average Bonchev–Trinajstić information content (AvgIpc) is 3.45. The summed E-state index contributed by atoms with van der Waals surface area (Å²) < 4.78 is 11.2. The second-order valence-corrected chi connectivity index (χ2v) is 8.88. The van der Waals surface area contributed by atoms with Gasteiger partial charge in [-0.15, -0.1) is 0 Å². The molecule has 11 nitrogen and oxygen atoms in total. The number of amides is 1. The van der Waals surface area contributed by atoms with Crippen LogP contribution >= 0.6 is 0 Å². The highest BCUT2D eigenvalue weighted by molar-refractivity contribution is 6.62. The van der Waals surface area contributed by atoms with Gasteiger partial charge in [-0.05, 0) is 24.5 Å². The van der Waals surface area contributed by atoms with Crippen molar-refractivity contribution >= 4 is 18.6 Å². The van der Waals surface area contributed by atoms with E-state index in [1.165, 1.54) is 0 Å². The van der Waals surface area contributed by atoms with Gasteiger partial charge in [-0.3, -0.25) is 9.69 Å². The molecule has 1 saturated carbocycles. The Kier molecular flexibility index (Phi) is 5.38. The lowest BCUT2D eigenvalue weighted by molar-refractivity contribution is -0.127. The van der Waals surface area contributed by atoms with Crippen LogP contribution < -0.4 is 20.4 Å². The van der Waals surface area contributed by atoms with Gasteiger partial charge in [0, 0.05) is 26.2 Å². The SMILES string of the molecule is CC(N)(CN1CC(Oc2ccc3c(c2C(=O)O)O[B-](O)(O)[C@@H]2C[C@H]32)C1)C(=O)NCCO. The Morgan fingerprint density at radius 1 is 1.39 bits per heavy atom. The molecule has 0 aromatic heterocycles. The topological polar surface area (TPSA) is 175 Å². The van der Waals surface area contributed by atoms with Gasteiger partial charge in [0.1, 0.15) is 23.0 Å². The minimum absolute atomic E-state index is 0.0417. The molecule has 0 spiro atoms. The van der Waals surface area contributed by atoms with Crippen LogP contribution in [0.4, 0.5) is 0 Å². The third-order valence-corrected chi connectivity index (χ3v) is 6.14. The third-order valence-electron chi connectivity index (χ3n) is 6.14. The van der Waals surface area contributed by atoms with E-state index in [1.54, 1.807) is 19.1 Å². The Morgan fingerprint density at radius 3 is 2.74 bits per heavy atom. The van der Waals surface area contributed by atoms with Crippen molar-refractivity contribution in [1.82, 2.24) is 10.2 Å². The number of carboxylic acid groups (broad SMARTS) is 1. The number of ether oxygens (including phenoxy) is 1. The van der Waals surface area contributed by atoms with Gasteiger partial charge < -0.3 is 40.7 Å². The van der Waals surface area contributed by atoms with Crippen molar-refractivity contribution in [2.45, 2.75) is 36.7 Å². The molecular formula is C19H27BN3O8-. The molecule has 1 aliphatic carbocycles. The second kappa shape index (κ2) is 7.64. The monoisotopic (exact) mass is 436 g/mol. The molecule has 3 atom stereocenters. The Labute approximate surface area is 178 Å². The molecule has 1 saturated heterocycles. The molecule has 2 aliphatic heterocycles. The molecule has 4 rings (SSSR count). The molecule has 2 heterocycles. The zero-order valence-corrected chi connectivity index (χ0v) is 17.2. The van der Waals surface area contributed by atoms with Crippen molar-refractivity contribution < 1.29 is 39.2 Å². The number of nitrogens with zero attached hydrogens (tertiary/aromatic N) is 1. The average molecular weight is 436 g/mol. The first-order chi connectivity index (χ1) is 14.5. The third kappa shape index (κ3) is 4.09. The first-order valence-electron chi connectivity index (χ1n) is 10.3. The number of hydrogen-bond acceptors (Lipinski definition) is 9. The van der Waals surface area contributed by atoms with E-state index in [9.17, 15) is 24.7 Å². The number of aliphatic hydroxyl groups excluding tert-OH is 1. The van der Waals surface area contributed by atoms with Crippen molar-refractivity contribution in [3.8, 4) is 11.5 Å². The Bertz CT molecular complexity index is 902. The molecule has 12 heteroatoms. The number of hydrogen-bond donors (Lipinski definition) is 6. The van der Waals surface area contributed by atoms with Crippen LogP contribution in [0.15, 0.2) is 12.1 Å². The van der Waals surface area contributed by atoms with Crippen LogP contribution in [-0.2, 0) is 4.79 Å². The molecule has 170 valence electrons. The standard InChI is InChI=1S/C19H27BN3O8/c1-19(21,18(27)22-4-5-24)9-23-7-10(8-23)30-14-3-2-11-12-6-13(12)20(28,29)31-16(11)15(14)17(25)26/h2-3,10,12-13,24,28-29H,4-9,21H2,1H3,(H,22,27)(H,25,26)/q-1/t12-,13-,19?/m1/s1. The van der Waals surface area contributed by atoms with Gasteiger partial charge in [0.25, 0.3) is 0 Å². The van der Waals surface area contributed by atoms with Gasteiger partial charge in [0.05, 0.1) is 12.4 Å². The van der Waals surface area contributed by atoms with Crippen LogP contribution in [0.25, 0.3) is 0 Å². The fourth-order valence-corrected chi connectivity index (χ4v) is 4.43. The van der Waals surface area contributed by atoms with Gasteiger partial charge in [0.15, 0.2) is 0 Å². The highest BCUT2D eigenvalue weighted by atomic mass is 16.6. The maximum absolute atomic E-state index is 12.1. The largest absolute Gasteiger partial charge is 0.669 e. The number of nitrogens with one attached hydrogen (secondary N) is 1. The fourth-order valence-electron chi connectivity index (χ4n) is 4.43. The van der Waals surface area contributed by atoms with Crippen molar-refractivity contribution in [3.63, 3.8) is 0 Å². The van der Waals surface area contributed by atoms with Crippen LogP contribution in [0, 0.1) is 0 Å². The van der Waals surface area contributed by atoms with Crippen LogP contribution in [0.1, 0.15) is 35.2 Å². The highest BCUT2D eigenvalue weighted by Crippen LogP contribution is 2.63. The quantitative estimate of drug-likeness (QED) is 0.262. The zero-order valence-electron chi connectivity index (χ0n) is 17.2. The first-order valence-corrected chi connectivity index (χ1v) is 10.3. The van der Waals surface area contributed by atoms with Crippen molar-refractivity contribution in [3.05, 3.63) is 23.3 Å². The number of aromatic carboxylic acids is 1. The molecule has 0 bridgehead atoms. The van der Waals surface area contributed by atoms with Crippen molar-refractivity contribution in [2.75, 3.05) is 32.8 Å². The summed E-state index contributed by atoms with van der Waals surface area (Å²) in [5.41, 5.74) is 5.36. The van der Waals surface area contributed by atoms with E-state index in [2.05, 4.69) is 5.32 Å². The summed E-state index contributed by atoms with van der Waals surface area (Å²) >= 11 is 0. The molecule has 1 aromatic rings. The van der Waals surface area contributed by atoms with Gasteiger partial charge in [-0.25, -0.2) is 4.79 Å². The summed E-state index contributed by atoms with van der Waals surface area (Å²) in [6.07, 6.45) is 0.226. The molecule has 0 radical (unpaired) electrons. The Hall–Kier alpha value is -2.38. The first kappa shape index (κ1) is 21.8. The minimum atomic E-state index is -3.10. The molecule has 3 aliphatic rings. The maximum atomic E-state index is 12.1. The van der Waals surface area contributed by atoms with E-state index < -0.39 is 24.1 Å². The number of rotatable bonds is 8. The molecule has 1 amide bonds. The smallest absolute Gasteiger partial charge is 0.434 e. The molecular weight excluding hydrogens is 409 g/mol.